The van der Waals surface area contributed by atoms with E-state index >= 15 is 0 Å². The highest BCUT2D eigenvalue weighted by Crippen LogP contribution is 2.34. The van der Waals surface area contributed by atoms with E-state index in [2.05, 4.69) is 5.32 Å². The number of rotatable bonds is 1. The summed E-state index contributed by atoms with van der Waals surface area (Å²) in [4.78, 5) is 0.365. The fourth-order valence-corrected chi connectivity index (χ4v) is 4.05. The molecule has 1 aromatic carbocycles. The number of methoxy groups -OCH3 is 1. The highest BCUT2D eigenvalue weighted by atomic mass is 32.2. The predicted octanol–water partition coefficient (Wildman–Crippen LogP) is 1.92. The molecule has 0 fully saturated rings. The van der Waals surface area contributed by atoms with Crippen LogP contribution in [0.15, 0.2) is 23.1 Å². The quantitative estimate of drug-likeness (QED) is 0.833. The number of nitrogens with one attached hydrogen (secondary N) is 1. The molecule has 0 saturated carbocycles. The van der Waals surface area contributed by atoms with Crippen LogP contribution in [0.25, 0.3) is 0 Å². The summed E-state index contributed by atoms with van der Waals surface area (Å²) >= 11 is 0. The molecule has 17 heavy (non-hydrogen) atoms. The van der Waals surface area contributed by atoms with Crippen LogP contribution < -0.4 is 10.1 Å². The summed E-state index contributed by atoms with van der Waals surface area (Å²) in [5, 5.41) is 3.19. The molecular weight excluding hydrogens is 238 g/mol. The van der Waals surface area contributed by atoms with Crippen molar-refractivity contribution in [1.82, 2.24) is 0 Å². The van der Waals surface area contributed by atoms with Gasteiger partial charge in [-0.1, -0.05) is 13.8 Å². The van der Waals surface area contributed by atoms with E-state index in [9.17, 15) is 8.42 Å². The first-order valence-electron chi connectivity index (χ1n) is 5.49. The number of sulfone groups is 1. The maximum atomic E-state index is 12.2. The summed E-state index contributed by atoms with van der Waals surface area (Å²) in [5.74, 6) is 0.818. The van der Waals surface area contributed by atoms with Crippen molar-refractivity contribution >= 4 is 15.5 Å². The summed E-state index contributed by atoms with van der Waals surface area (Å²) in [6, 6.07) is 5.02. The van der Waals surface area contributed by atoms with E-state index < -0.39 is 9.84 Å². The van der Waals surface area contributed by atoms with Gasteiger partial charge in [0.2, 0.25) is 0 Å². The highest BCUT2D eigenvalue weighted by Gasteiger charge is 2.32. The van der Waals surface area contributed by atoms with Crippen molar-refractivity contribution in [3.63, 3.8) is 0 Å². The van der Waals surface area contributed by atoms with Gasteiger partial charge in [0.15, 0.2) is 9.84 Å². The van der Waals surface area contributed by atoms with Crippen molar-refractivity contribution in [2.24, 2.45) is 5.41 Å². The Hall–Kier alpha value is -1.23. The predicted molar refractivity (Wildman–Crippen MR) is 67.3 cm³/mol. The molecule has 5 heteroatoms. The molecule has 1 heterocycles. The molecule has 0 bridgehead atoms. The summed E-state index contributed by atoms with van der Waals surface area (Å²) in [7, 11) is -1.66. The normalized spacial score (nSPS) is 20.9. The van der Waals surface area contributed by atoms with E-state index in [1.54, 1.807) is 25.3 Å². The number of fused-ring (bicyclic) bond motifs is 1. The molecule has 0 aliphatic carbocycles. The van der Waals surface area contributed by atoms with Crippen molar-refractivity contribution in [3.8, 4) is 5.75 Å². The van der Waals surface area contributed by atoms with Gasteiger partial charge in [-0.25, -0.2) is 8.42 Å². The lowest BCUT2D eigenvalue weighted by atomic mass is 9.96. The zero-order valence-corrected chi connectivity index (χ0v) is 11.1. The lowest BCUT2D eigenvalue weighted by molar-refractivity contribution is 0.414. The van der Waals surface area contributed by atoms with Gasteiger partial charge < -0.3 is 10.1 Å². The third-order valence-electron chi connectivity index (χ3n) is 2.86. The number of ether oxygens (including phenoxy) is 1. The molecule has 1 aliphatic heterocycles. The second-order valence-corrected chi connectivity index (χ2v) is 7.10. The maximum Gasteiger partial charge on any atom is 0.181 e. The molecule has 0 unspecified atom stereocenters. The molecule has 0 spiro atoms. The van der Waals surface area contributed by atoms with E-state index in [0.717, 1.165) is 0 Å². The lowest BCUT2D eigenvalue weighted by Crippen LogP contribution is -2.28. The molecule has 1 N–H and O–H groups in total. The van der Waals surface area contributed by atoms with Crippen molar-refractivity contribution < 1.29 is 13.2 Å². The standard InChI is InChI=1S/C12H17NO3S/c1-12(2)7-13-10-6-9(16-3)4-5-11(10)17(14,15)8-12/h4-6,13H,7-8H2,1-3H3. The van der Waals surface area contributed by atoms with Crippen molar-refractivity contribution in [2.45, 2.75) is 18.7 Å². The minimum atomic E-state index is -3.23. The van der Waals surface area contributed by atoms with E-state index in [1.807, 2.05) is 13.8 Å². The van der Waals surface area contributed by atoms with Crippen LogP contribution in [0, 0.1) is 5.41 Å². The molecular formula is C12H17NO3S. The SMILES string of the molecule is COc1ccc2c(c1)NCC(C)(C)CS2(=O)=O. The van der Waals surface area contributed by atoms with E-state index in [4.69, 9.17) is 4.74 Å². The van der Waals surface area contributed by atoms with Crippen molar-refractivity contribution in [2.75, 3.05) is 24.7 Å². The molecule has 94 valence electrons. The lowest BCUT2D eigenvalue weighted by Gasteiger charge is -2.20. The van der Waals surface area contributed by atoms with Gasteiger partial charge in [-0.15, -0.1) is 0 Å². The molecule has 0 saturated heterocycles. The first-order chi connectivity index (χ1) is 7.84. The Morgan fingerprint density at radius 3 is 2.71 bits per heavy atom. The van der Waals surface area contributed by atoms with Gasteiger partial charge in [-0.05, 0) is 17.5 Å². The molecule has 0 aromatic heterocycles. The molecule has 4 nitrogen and oxygen atoms in total. The number of hydrogen-bond donors (Lipinski definition) is 1. The third-order valence-corrected chi connectivity index (χ3v) is 5.05. The van der Waals surface area contributed by atoms with Gasteiger partial charge in [0.05, 0.1) is 23.4 Å². The van der Waals surface area contributed by atoms with E-state index in [0.29, 0.717) is 22.9 Å². The van der Waals surface area contributed by atoms with Gasteiger partial charge in [0.1, 0.15) is 5.75 Å². The smallest absolute Gasteiger partial charge is 0.181 e. The summed E-state index contributed by atoms with van der Waals surface area (Å²) < 4.78 is 29.6. The largest absolute Gasteiger partial charge is 0.497 e. The average molecular weight is 255 g/mol. The van der Waals surface area contributed by atoms with Crippen LogP contribution in [0.5, 0.6) is 5.75 Å². The van der Waals surface area contributed by atoms with Crippen molar-refractivity contribution in [1.29, 1.82) is 0 Å². The molecule has 0 radical (unpaired) electrons. The van der Waals surface area contributed by atoms with Gasteiger partial charge in [0, 0.05) is 12.6 Å². The number of benzene rings is 1. The minimum Gasteiger partial charge on any atom is -0.497 e. The fraction of sp³-hybridized carbons (Fsp3) is 0.500. The number of hydrogen-bond acceptors (Lipinski definition) is 4. The zero-order chi connectivity index (χ0) is 12.7. The molecule has 0 atom stereocenters. The maximum absolute atomic E-state index is 12.2. The van der Waals surface area contributed by atoms with Crippen molar-refractivity contribution in [3.05, 3.63) is 18.2 Å². The van der Waals surface area contributed by atoms with E-state index in [-0.39, 0.29) is 11.2 Å². The Labute approximate surface area is 102 Å². The van der Waals surface area contributed by atoms with Crippen LogP contribution >= 0.6 is 0 Å². The molecule has 1 aliphatic rings. The Morgan fingerprint density at radius 1 is 1.35 bits per heavy atom. The first kappa shape index (κ1) is 12.2. The van der Waals surface area contributed by atoms with Gasteiger partial charge in [0.25, 0.3) is 0 Å². The van der Waals surface area contributed by atoms with Crippen LogP contribution in [-0.2, 0) is 9.84 Å². The fourth-order valence-electron chi connectivity index (χ4n) is 2.02. The Bertz CT molecular complexity index is 535. The Kier molecular flexibility index (Phi) is 2.81. The van der Waals surface area contributed by atoms with Crippen LogP contribution in [-0.4, -0.2) is 27.8 Å². The Balaban J connectivity index is 2.55. The summed E-state index contributed by atoms with van der Waals surface area (Å²) in [5.41, 5.74) is 0.361. The van der Waals surface area contributed by atoms with Gasteiger partial charge >= 0.3 is 0 Å². The Morgan fingerprint density at radius 2 is 2.06 bits per heavy atom. The first-order valence-corrected chi connectivity index (χ1v) is 7.14. The second kappa shape index (κ2) is 3.91. The van der Waals surface area contributed by atoms with Crippen LogP contribution in [0.4, 0.5) is 5.69 Å². The topological polar surface area (TPSA) is 55.4 Å². The summed E-state index contributed by atoms with van der Waals surface area (Å²) in [6.45, 7) is 4.52. The van der Waals surface area contributed by atoms with Crippen LogP contribution in [0.2, 0.25) is 0 Å². The highest BCUT2D eigenvalue weighted by molar-refractivity contribution is 7.91. The van der Waals surface area contributed by atoms with Crippen LogP contribution in [0.3, 0.4) is 0 Å². The minimum absolute atomic E-state index is 0.159. The molecule has 1 aromatic rings. The molecule has 0 amide bonds. The van der Waals surface area contributed by atoms with Crippen LogP contribution in [0.1, 0.15) is 13.8 Å². The third kappa shape index (κ3) is 2.39. The monoisotopic (exact) mass is 255 g/mol. The average Bonchev–Trinajstić information content (AvgIpc) is 2.32. The van der Waals surface area contributed by atoms with Gasteiger partial charge in [-0.2, -0.15) is 0 Å². The van der Waals surface area contributed by atoms with E-state index in [1.165, 1.54) is 0 Å². The molecule has 2 rings (SSSR count). The van der Waals surface area contributed by atoms with Gasteiger partial charge in [-0.3, -0.25) is 0 Å². The number of anilines is 1. The summed E-state index contributed by atoms with van der Waals surface area (Å²) in [6.07, 6.45) is 0. The zero-order valence-electron chi connectivity index (χ0n) is 10.3. The second-order valence-electron chi connectivity index (χ2n) is 5.14.